The van der Waals surface area contributed by atoms with Crippen molar-refractivity contribution in [3.63, 3.8) is 0 Å². The van der Waals surface area contributed by atoms with Gasteiger partial charge in [0.1, 0.15) is 5.69 Å². The average Bonchev–Trinajstić information content (AvgIpc) is 2.68. The summed E-state index contributed by atoms with van der Waals surface area (Å²) in [6.07, 6.45) is 1.02. The Kier molecular flexibility index (Phi) is 8.16. The van der Waals surface area contributed by atoms with Gasteiger partial charge in [0, 0.05) is 32.0 Å². The molecule has 3 N–H and O–H groups in total. The zero-order chi connectivity index (χ0) is 22.1. The van der Waals surface area contributed by atoms with E-state index in [-0.39, 0.29) is 16.3 Å². The molecule has 30 heavy (non-hydrogen) atoms. The first kappa shape index (κ1) is 23.1. The van der Waals surface area contributed by atoms with Gasteiger partial charge in [-0.05, 0) is 31.5 Å². The summed E-state index contributed by atoms with van der Waals surface area (Å²) in [6.45, 7) is 6.08. The van der Waals surface area contributed by atoms with Crippen LogP contribution in [0, 0.1) is 17.0 Å². The van der Waals surface area contributed by atoms with Crippen LogP contribution in [0.25, 0.3) is 0 Å². The molecule has 162 valence electrons. The number of rotatable bonds is 9. The molecule has 0 aromatic heterocycles. The molecular weight excluding hydrogens is 406 g/mol. The summed E-state index contributed by atoms with van der Waals surface area (Å²) in [7, 11) is -3.52. The number of aryl methyl sites for hydroxylation is 1. The van der Waals surface area contributed by atoms with E-state index in [0.29, 0.717) is 32.1 Å². The van der Waals surface area contributed by atoms with Crippen LogP contribution in [0.3, 0.4) is 0 Å². The molecule has 2 rings (SSSR count). The summed E-state index contributed by atoms with van der Waals surface area (Å²) in [5.41, 5.74) is 2.26. The first-order chi connectivity index (χ1) is 14.2. The predicted molar refractivity (Wildman–Crippen MR) is 119 cm³/mol. The highest BCUT2D eigenvalue weighted by molar-refractivity contribution is 7.90. The van der Waals surface area contributed by atoms with Crippen LogP contribution in [0.5, 0.6) is 0 Å². The highest BCUT2D eigenvalue weighted by atomic mass is 32.2. The lowest BCUT2D eigenvalue weighted by molar-refractivity contribution is -0.384. The maximum atomic E-state index is 11.6. The maximum absolute atomic E-state index is 11.6. The third-order valence-electron chi connectivity index (χ3n) is 4.17. The number of hydrogen-bond donors (Lipinski definition) is 3. The third kappa shape index (κ3) is 7.03. The van der Waals surface area contributed by atoms with Crippen LogP contribution in [-0.2, 0) is 16.4 Å². The topological polar surface area (TPSA) is 126 Å². The number of sulfone groups is 1. The standard InChI is InChI=1S/C20H27N5O4S/c1-4-21-20(24-14-16-7-5-6-15(2)12-16)23-11-10-22-18-9-8-17(30(3,28)29)13-19(18)25(26)27/h5-9,12-13,22H,4,10-11,14H2,1-3H3,(H2,21,23,24). The van der Waals surface area contributed by atoms with Gasteiger partial charge in [0.25, 0.3) is 5.69 Å². The highest BCUT2D eigenvalue weighted by Gasteiger charge is 2.18. The van der Waals surface area contributed by atoms with E-state index in [4.69, 9.17) is 0 Å². The number of aliphatic imine (C=N–C) groups is 1. The molecule has 0 atom stereocenters. The van der Waals surface area contributed by atoms with Crippen LogP contribution in [0.2, 0.25) is 0 Å². The minimum atomic E-state index is -3.52. The van der Waals surface area contributed by atoms with Gasteiger partial charge in [-0.25, -0.2) is 13.4 Å². The van der Waals surface area contributed by atoms with Gasteiger partial charge in [-0.2, -0.15) is 0 Å². The molecule has 0 spiro atoms. The molecule has 0 fully saturated rings. The summed E-state index contributed by atoms with van der Waals surface area (Å²) in [5.74, 6) is 0.641. The van der Waals surface area contributed by atoms with Crippen LogP contribution < -0.4 is 16.0 Å². The molecule has 0 saturated carbocycles. The Morgan fingerprint density at radius 1 is 1.13 bits per heavy atom. The fourth-order valence-corrected chi connectivity index (χ4v) is 3.38. The van der Waals surface area contributed by atoms with Crippen molar-refractivity contribution in [2.75, 3.05) is 31.2 Å². The molecule has 0 bridgehead atoms. The fraction of sp³-hybridized carbons (Fsp3) is 0.350. The smallest absolute Gasteiger partial charge is 0.293 e. The summed E-state index contributed by atoms with van der Waals surface area (Å²) >= 11 is 0. The van der Waals surface area contributed by atoms with Crippen molar-refractivity contribution >= 4 is 27.2 Å². The quantitative estimate of drug-likeness (QED) is 0.182. The number of hydrogen-bond acceptors (Lipinski definition) is 6. The Balaban J connectivity index is 1.97. The normalized spacial score (nSPS) is 11.8. The molecule has 2 aromatic rings. The molecule has 0 unspecified atom stereocenters. The van der Waals surface area contributed by atoms with Crippen molar-refractivity contribution in [1.82, 2.24) is 10.6 Å². The number of anilines is 1. The van der Waals surface area contributed by atoms with E-state index in [9.17, 15) is 18.5 Å². The van der Waals surface area contributed by atoms with Crippen molar-refractivity contribution in [1.29, 1.82) is 0 Å². The van der Waals surface area contributed by atoms with E-state index < -0.39 is 14.8 Å². The van der Waals surface area contributed by atoms with Crippen molar-refractivity contribution < 1.29 is 13.3 Å². The second-order valence-corrected chi connectivity index (χ2v) is 8.76. The van der Waals surface area contributed by atoms with Gasteiger partial charge < -0.3 is 16.0 Å². The van der Waals surface area contributed by atoms with Gasteiger partial charge in [0.05, 0.1) is 16.4 Å². The van der Waals surface area contributed by atoms with Crippen LogP contribution in [0.15, 0.2) is 52.4 Å². The number of nitrogens with zero attached hydrogens (tertiary/aromatic N) is 2. The number of nitro benzene ring substituents is 1. The van der Waals surface area contributed by atoms with Crippen molar-refractivity contribution in [2.24, 2.45) is 4.99 Å². The second kappa shape index (κ2) is 10.6. The lowest BCUT2D eigenvalue weighted by atomic mass is 10.1. The Morgan fingerprint density at radius 2 is 1.90 bits per heavy atom. The molecule has 2 aromatic carbocycles. The van der Waals surface area contributed by atoms with Crippen molar-refractivity contribution in [2.45, 2.75) is 25.3 Å². The summed E-state index contributed by atoms with van der Waals surface area (Å²) < 4.78 is 23.3. The minimum Gasteiger partial charge on any atom is -0.378 e. The Hall–Kier alpha value is -3.14. The summed E-state index contributed by atoms with van der Waals surface area (Å²) in [5, 5.41) is 20.6. The molecule has 0 aliphatic heterocycles. The molecule has 0 aliphatic carbocycles. The van der Waals surface area contributed by atoms with Crippen LogP contribution >= 0.6 is 0 Å². The minimum absolute atomic E-state index is 0.0874. The Labute approximate surface area is 176 Å². The number of nitrogens with one attached hydrogen (secondary N) is 3. The van der Waals surface area contributed by atoms with E-state index in [1.807, 2.05) is 32.0 Å². The molecule has 0 saturated heterocycles. The van der Waals surface area contributed by atoms with Gasteiger partial charge >= 0.3 is 0 Å². The summed E-state index contributed by atoms with van der Waals surface area (Å²) in [4.78, 5) is 15.2. The molecule has 0 amide bonds. The number of benzene rings is 2. The molecule has 0 heterocycles. The first-order valence-electron chi connectivity index (χ1n) is 9.51. The van der Waals surface area contributed by atoms with E-state index in [1.54, 1.807) is 0 Å². The molecular formula is C20H27N5O4S. The Bertz CT molecular complexity index is 1020. The van der Waals surface area contributed by atoms with Crippen molar-refractivity contribution in [3.05, 3.63) is 63.7 Å². The van der Waals surface area contributed by atoms with Crippen molar-refractivity contribution in [3.8, 4) is 0 Å². The zero-order valence-corrected chi connectivity index (χ0v) is 18.1. The third-order valence-corrected chi connectivity index (χ3v) is 5.28. The Morgan fingerprint density at radius 3 is 2.53 bits per heavy atom. The van der Waals surface area contributed by atoms with E-state index >= 15 is 0 Å². The SMILES string of the molecule is CCNC(=NCc1cccc(C)c1)NCCNc1ccc(S(C)(=O)=O)cc1[N+](=O)[O-]. The monoisotopic (exact) mass is 433 g/mol. The average molecular weight is 434 g/mol. The fourth-order valence-electron chi connectivity index (χ4n) is 2.74. The van der Waals surface area contributed by atoms with Gasteiger partial charge in [-0.15, -0.1) is 0 Å². The van der Waals surface area contributed by atoms with E-state index in [0.717, 1.165) is 17.9 Å². The largest absolute Gasteiger partial charge is 0.378 e. The van der Waals surface area contributed by atoms with Crippen LogP contribution in [0.1, 0.15) is 18.1 Å². The van der Waals surface area contributed by atoms with Gasteiger partial charge in [0.15, 0.2) is 15.8 Å². The van der Waals surface area contributed by atoms with Gasteiger partial charge in [-0.1, -0.05) is 29.8 Å². The maximum Gasteiger partial charge on any atom is 0.293 e. The second-order valence-electron chi connectivity index (χ2n) is 6.75. The van der Waals surface area contributed by atoms with Gasteiger partial charge in [0.2, 0.25) is 0 Å². The molecule has 10 heteroatoms. The van der Waals surface area contributed by atoms with Gasteiger partial charge in [-0.3, -0.25) is 10.1 Å². The number of guanidine groups is 1. The lowest BCUT2D eigenvalue weighted by Gasteiger charge is -2.13. The highest BCUT2D eigenvalue weighted by Crippen LogP contribution is 2.27. The molecule has 9 nitrogen and oxygen atoms in total. The molecule has 0 aliphatic rings. The summed E-state index contributed by atoms with van der Waals surface area (Å²) in [6, 6.07) is 11.9. The van der Waals surface area contributed by atoms with Crippen LogP contribution in [-0.4, -0.2) is 45.2 Å². The first-order valence-corrected chi connectivity index (χ1v) is 11.4. The lowest BCUT2D eigenvalue weighted by Crippen LogP contribution is -2.39. The molecule has 0 radical (unpaired) electrons. The number of nitro groups is 1. The van der Waals surface area contributed by atoms with E-state index in [2.05, 4.69) is 27.0 Å². The van der Waals surface area contributed by atoms with Crippen LogP contribution in [0.4, 0.5) is 11.4 Å². The zero-order valence-electron chi connectivity index (χ0n) is 17.3. The van der Waals surface area contributed by atoms with E-state index in [1.165, 1.54) is 17.7 Å². The predicted octanol–water partition coefficient (Wildman–Crippen LogP) is 2.47.